The van der Waals surface area contributed by atoms with Crippen LogP contribution in [0.4, 0.5) is 14.6 Å². The van der Waals surface area contributed by atoms with Crippen LogP contribution in [0.2, 0.25) is 0 Å². The van der Waals surface area contributed by atoms with Crippen LogP contribution in [-0.4, -0.2) is 36.2 Å². The highest BCUT2D eigenvalue weighted by atomic mass is 19.3. The summed E-state index contributed by atoms with van der Waals surface area (Å²) in [6.45, 7) is -0.246. The topological polar surface area (TPSA) is 62.4 Å². The van der Waals surface area contributed by atoms with Crippen LogP contribution in [0, 0.1) is 0 Å². The molecule has 1 aromatic heterocycles. The molecule has 0 bridgehead atoms. The molecule has 0 atom stereocenters. The summed E-state index contributed by atoms with van der Waals surface area (Å²) in [5.74, 6) is 0.414. The number of anilines is 1. The van der Waals surface area contributed by atoms with Crippen LogP contribution in [0.3, 0.4) is 0 Å². The number of halogens is 2. The van der Waals surface area contributed by atoms with Gasteiger partial charge in [0.2, 0.25) is 0 Å². The minimum Gasteiger partial charge on any atom is -0.395 e. The maximum Gasteiger partial charge on any atom is 0.255 e. The van der Waals surface area contributed by atoms with Gasteiger partial charge >= 0.3 is 0 Å². The smallest absolute Gasteiger partial charge is 0.255 e. The Morgan fingerprint density at radius 3 is 2.75 bits per heavy atom. The zero-order chi connectivity index (χ0) is 12.0. The highest BCUT2D eigenvalue weighted by Gasteiger charge is 2.13. The van der Waals surface area contributed by atoms with Crippen LogP contribution in [-0.2, 0) is 6.54 Å². The maximum absolute atomic E-state index is 12.3. The number of aliphatic hydroxyl groups is 1. The molecule has 0 aliphatic carbocycles. The van der Waals surface area contributed by atoms with E-state index in [0.717, 1.165) is 0 Å². The molecular formula is C10H15F2N3O. The molecule has 0 saturated carbocycles. The molecule has 0 saturated heterocycles. The zero-order valence-electron chi connectivity index (χ0n) is 8.81. The van der Waals surface area contributed by atoms with Crippen molar-refractivity contribution in [2.45, 2.75) is 13.0 Å². The Kier molecular flexibility index (Phi) is 5.07. The number of hydrogen-bond acceptors (Lipinski definition) is 4. The summed E-state index contributed by atoms with van der Waals surface area (Å²) in [5.41, 5.74) is 6.05. The Morgan fingerprint density at radius 1 is 1.44 bits per heavy atom. The lowest BCUT2D eigenvalue weighted by Crippen LogP contribution is -2.32. The van der Waals surface area contributed by atoms with Crippen molar-refractivity contribution in [3.63, 3.8) is 0 Å². The molecule has 0 fully saturated rings. The van der Waals surface area contributed by atoms with Crippen LogP contribution in [0.25, 0.3) is 0 Å². The van der Waals surface area contributed by atoms with E-state index in [4.69, 9.17) is 10.8 Å². The fraction of sp³-hybridized carbons (Fsp3) is 0.500. The molecule has 0 unspecified atom stereocenters. The predicted molar refractivity (Wildman–Crippen MR) is 57.4 cm³/mol. The summed E-state index contributed by atoms with van der Waals surface area (Å²) >= 11 is 0. The molecule has 1 aromatic rings. The highest BCUT2D eigenvalue weighted by Crippen LogP contribution is 2.12. The quantitative estimate of drug-likeness (QED) is 0.752. The summed E-state index contributed by atoms with van der Waals surface area (Å²) in [7, 11) is 0. The Bertz CT molecular complexity index is 323. The van der Waals surface area contributed by atoms with Crippen molar-refractivity contribution in [2.24, 2.45) is 5.73 Å². The van der Waals surface area contributed by atoms with Crippen molar-refractivity contribution in [3.05, 3.63) is 23.9 Å². The third kappa shape index (κ3) is 3.71. The van der Waals surface area contributed by atoms with E-state index in [2.05, 4.69) is 4.98 Å². The van der Waals surface area contributed by atoms with Gasteiger partial charge in [0.05, 0.1) is 18.8 Å². The lowest BCUT2D eigenvalue weighted by molar-refractivity contribution is 0.152. The first-order valence-corrected chi connectivity index (χ1v) is 4.97. The van der Waals surface area contributed by atoms with E-state index in [1.807, 2.05) is 0 Å². The molecule has 0 amide bonds. The van der Waals surface area contributed by atoms with E-state index >= 15 is 0 Å². The second-order valence-corrected chi connectivity index (χ2v) is 3.25. The standard InChI is InChI=1S/C10H15F2N3O/c11-9(12)7-15(4-5-16)10-3-1-2-8(6-13)14-10/h1-3,9,16H,4-7,13H2. The fourth-order valence-corrected chi connectivity index (χ4v) is 1.34. The highest BCUT2D eigenvalue weighted by molar-refractivity contribution is 5.39. The molecule has 0 aliphatic heterocycles. The van der Waals surface area contributed by atoms with Crippen LogP contribution in [0.5, 0.6) is 0 Å². The second-order valence-electron chi connectivity index (χ2n) is 3.25. The second kappa shape index (κ2) is 6.34. The molecule has 3 N–H and O–H groups in total. The molecule has 0 aliphatic rings. The minimum absolute atomic E-state index is 0.130. The average Bonchev–Trinajstić information content (AvgIpc) is 2.28. The fourth-order valence-electron chi connectivity index (χ4n) is 1.34. The van der Waals surface area contributed by atoms with E-state index < -0.39 is 13.0 Å². The monoisotopic (exact) mass is 231 g/mol. The van der Waals surface area contributed by atoms with Gasteiger partial charge in [0, 0.05) is 13.1 Å². The summed E-state index contributed by atoms with van der Waals surface area (Å²) in [5, 5.41) is 8.80. The Balaban J connectivity index is 2.82. The van der Waals surface area contributed by atoms with E-state index in [-0.39, 0.29) is 19.7 Å². The van der Waals surface area contributed by atoms with Gasteiger partial charge in [0.25, 0.3) is 6.43 Å². The van der Waals surface area contributed by atoms with Gasteiger partial charge in [-0.05, 0) is 12.1 Å². The lowest BCUT2D eigenvalue weighted by Gasteiger charge is -2.22. The SMILES string of the molecule is NCc1cccc(N(CCO)CC(F)F)n1. The summed E-state index contributed by atoms with van der Waals surface area (Å²) in [4.78, 5) is 5.46. The Labute approximate surface area is 92.7 Å². The number of nitrogens with zero attached hydrogens (tertiary/aromatic N) is 2. The molecule has 0 radical (unpaired) electrons. The number of hydrogen-bond donors (Lipinski definition) is 2. The third-order valence-corrected chi connectivity index (χ3v) is 2.05. The van der Waals surface area contributed by atoms with Crippen LogP contribution < -0.4 is 10.6 Å². The van der Waals surface area contributed by atoms with Gasteiger partial charge in [-0.15, -0.1) is 0 Å². The summed E-state index contributed by atoms with van der Waals surface area (Å²) in [6, 6.07) is 5.06. The van der Waals surface area contributed by atoms with Crippen molar-refractivity contribution in [1.82, 2.24) is 4.98 Å². The van der Waals surface area contributed by atoms with Gasteiger partial charge in [-0.25, -0.2) is 13.8 Å². The molecule has 4 nitrogen and oxygen atoms in total. The van der Waals surface area contributed by atoms with E-state index in [9.17, 15) is 8.78 Å². The molecular weight excluding hydrogens is 216 g/mol. The van der Waals surface area contributed by atoms with Crippen molar-refractivity contribution in [2.75, 3.05) is 24.6 Å². The van der Waals surface area contributed by atoms with E-state index in [1.165, 1.54) is 4.90 Å². The predicted octanol–water partition coefficient (Wildman–Crippen LogP) is 0.604. The van der Waals surface area contributed by atoms with Gasteiger partial charge in [0.1, 0.15) is 5.82 Å². The average molecular weight is 231 g/mol. The number of nitrogens with two attached hydrogens (primary N) is 1. The normalized spacial score (nSPS) is 10.8. The lowest BCUT2D eigenvalue weighted by atomic mass is 10.3. The summed E-state index contributed by atoms with van der Waals surface area (Å²) < 4.78 is 24.6. The molecule has 0 aromatic carbocycles. The van der Waals surface area contributed by atoms with Crippen LogP contribution in [0.1, 0.15) is 5.69 Å². The van der Waals surface area contributed by atoms with Gasteiger partial charge in [-0.2, -0.15) is 0 Å². The Morgan fingerprint density at radius 2 is 2.19 bits per heavy atom. The summed E-state index contributed by atoms with van der Waals surface area (Å²) in [6.07, 6.45) is -2.46. The Hall–Kier alpha value is -1.27. The first-order valence-electron chi connectivity index (χ1n) is 4.97. The molecule has 0 spiro atoms. The van der Waals surface area contributed by atoms with Gasteiger partial charge in [0.15, 0.2) is 0 Å². The molecule has 1 heterocycles. The van der Waals surface area contributed by atoms with Crippen LogP contribution >= 0.6 is 0 Å². The van der Waals surface area contributed by atoms with E-state index in [1.54, 1.807) is 18.2 Å². The van der Waals surface area contributed by atoms with Gasteiger partial charge in [-0.1, -0.05) is 6.07 Å². The van der Waals surface area contributed by atoms with Crippen LogP contribution in [0.15, 0.2) is 18.2 Å². The first-order chi connectivity index (χ1) is 7.67. The van der Waals surface area contributed by atoms with Gasteiger partial charge < -0.3 is 15.7 Å². The number of pyridine rings is 1. The minimum atomic E-state index is -2.46. The number of aromatic nitrogens is 1. The number of rotatable bonds is 6. The number of alkyl halides is 2. The molecule has 1 rings (SSSR count). The van der Waals surface area contributed by atoms with Gasteiger partial charge in [-0.3, -0.25) is 0 Å². The van der Waals surface area contributed by atoms with E-state index in [0.29, 0.717) is 11.5 Å². The zero-order valence-corrected chi connectivity index (χ0v) is 8.81. The van der Waals surface area contributed by atoms with Crippen molar-refractivity contribution in [3.8, 4) is 0 Å². The largest absolute Gasteiger partial charge is 0.395 e. The third-order valence-electron chi connectivity index (χ3n) is 2.05. The maximum atomic E-state index is 12.3. The molecule has 16 heavy (non-hydrogen) atoms. The number of aliphatic hydroxyl groups excluding tert-OH is 1. The van der Waals surface area contributed by atoms with Crippen molar-refractivity contribution < 1.29 is 13.9 Å². The first kappa shape index (κ1) is 12.8. The molecule has 6 heteroatoms. The van der Waals surface area contributed by atoms with Crippen molar-refractivity contribution >= 4 is 5.82 Å². The molecule has 90 valence electrons. The van der Waals surface area contributed by atoms with Crippen molar-refractivity contribution in [1.29, 1.82) is 0 Å².